The van der Waals surface area contributed by atoms with Crippen LogP contribution < -0.4 is 11.0 Å². The van der Waals surface area contributed by atoms with Crippen LogP contribution in [0.25, 0.3) is 10.9 Å². The van der Waals surface area contributed by atoms with E-state index in [1.807, 2.05) is 24.3 Å². The van der Waals surface area contributed by atoms with E-state index in [0.29, 0.717) is 18.7 Å². The monoisotopic (exact) mass is 353 g/mol. The van der Waals surface area contributed by atoms with Crippen molar-refractivity contribution in [1.29, 1.82) is 0 Å². The minimum Gasteiger partial charge on any atom is -0.350 e. The third-order valence-electron chi connectivity index (χ3n) is 5.23. The first-order valence-electron chi connectivity index (χ1n) is 9.11. The molecule has 1 atom stereocenters. The molecule has 7 nitrogen and oxygen atoms in total. The van der Waals surface area contributed by atoms with Crippen molar-refractivity contribution in [3.8, 4) is 0 Å². The van der Waals surface area contributed by atoms with Crippen LogP contribution in [0.5, 0.6) is 0 Å². The lowest BCUT2D eigenvalue weighted by Crippen LogP contribution is -2.36. The quantitative estimate of drug-likeness (QED) is 0.752. The van der Waals surface area contributed by atoms with E-state index in [1.165, 1.54) is 4.68 Å². The molecule has 4 rings (SSSR count). The van der Waals surface area contributed by atoms with E-state index in [1.54, 1.807) is 11.6 Å². The Morgan fingerprint density at radius 3 is 2.96 bits per heavy atom. The van der Waals surface area contributed by atoms with Crippen LogP contribution in [0.1, 0.15) is 41.6 Å². The van der Waals surface area contributed by atoms with Crippen LogP contribution in [0.2, 0.25) is 0 Å². The minimum atomic E-state index is -0.0872. The number of aryl methyl sites for hydroxylation is 3. The van der Waals surface area contributed by atoms with Crippen molar-refractivity contribution in [1.82, 2.24) is 24.6 Å². The number of para-hydroxylation sites is 1. The highest BCUT2D eigenvalue weighted by Crippen LogP contribution is 2.23. The van der Waals surface area contributed by atoms with Crippen LogP contribution in [0.15, 0.2) is 29.1 Å². The maximum Gasteiger partial charge on any atom is 0.345 e. The Morgan fingerprint density at radius 1 is 1.35 bits per heavy atom. The second kappa shape index (κ2) is 6.48. The smallest absolute Gasteiger partial charge is 0.345 e. The van der Waals surface area contributed by atoms with E-state index in [0.717, 1.165) is 41.6 Å². The highest BCUT2D eigenvalue weighted by molar-refractivity contribution is 6.01. The lowest BCUT2D eigenvalue weighted by molar-refractivity contribution is 0.0927. The molecule has 1 aromatic carbocycles. The molecule has 2 N–H and O–H groups in total. The van der Waals surface area contributed by atoms with E-state index in [-0.39, 0.29) is 17.6 Å². The number of carbonyl (C=O) groups excluding carboxylic acids is 1. The van der Waals surface area contributed by atoms with Gasteiger partial charge in [-0.1, -0.05) is 25.1 Å². The predicted octanol–water partition coefficient (Wildman–Crippen LogP) is 1.76. The third kappa shape index (κ3) is 2.73. The molecule has 2 aromatic heterocycles. The average molecular weight is 353 g/mol. The Bertz CT molecular complexity index is 1030. The summed E-state index contributed by atoms with van der Waals surface area (Å²) < 4.78 is 3.10. The Balaban J connectivity index is 1.53. The molecular weight excluding hydrogens is 330 g/mol. The molecule has 1 aliphatic heterocycles. The molecule has 136 valence electrons. The number of nitrogens with zero attached hydrogens (tertiary/aromatic N) is 3. The topological polar surface area (TPSA) is 84.7 Å². The molecule has 0 saturated heterocycles. The minimum absolute atomic E-state index is 0.0324. The molecule has 0 bridgehead atoms. The molecule has 1 unspecified atom stereocenters. The van der Waals surface area contributed by atoms with Gasteiger partial charge >= 0.3 is 5.69 Å². The SMILES string of the molecule is CCc1c(C(=O)NC2CCc3nn(C)c(=O)n3CC2)[nH]c2ccccc12. The molecule has 0 aliphatic carbocycles. The zero-order valence-corrected chi connectivity index (χ0v) is 15.1. The van der Waals surface area contributed by atoms with Crippen LogP contribution in [-0.2, 0) is 26.4 Å². The molecule has 1 aliphatic rings. The van der Waals surface area contributed by atoms with Gasteiger partial charge in [0, 0.05) is 37.0 Å². The van der Waals surface area contributed by atoms with Crippen LogP contribution in [0.4, 0.5) is 0 Å². The highest BCUT2D eigenvalue weighted by atomic mass is 16.2. The summed E-state index contributed by atoms with van der Waals surface area (Å²) in [5.74, 6) is 0.726. The van der Waals surface area contributed by atoms with Crippen LogP contribution >= 0.6 is 0 Å². The van der Waals surface area contributed by atoms with E-state index in [4.69, 9.17) is 0 Å². The van der Waals surface area contributed by atoms with Gasteiger partial charge in [0.15, 0.2) is 0 Å². The number of H-pyrrole nitrogens is 1. The summed E-state index contributed by atoms with van der Waals surface area (Å²) in [5.41, 5.74) is 2.59. The van der Waals surface area contributed by atoms with E-state index in [9.17, 15) is 9.59 Å². The van der Waals surface area contributed by atoms with Gasteiger partial charge < -0.3 is 10.3 Å². The van der Waals surface area contributed by atoms with Gasteiger partial charge in [-0.3, -0.25) is 9.36 Å². The van der Waals surface area contributed by atoms with Crippen molar-refractivity contribution in [2.24, 2.45) is 7.05 Å². The van der Waals surface area contributed by atoms with Gasteiger partial charge in [-0.05, 0) is 30.9 Å². The maximum atomic E-state index is 12.9. The van der Waals surface area contributed by atoms with Gasteiger partial charge in [-0.25, -0.2) is 9.48 Å². The summed E-state index contributed by atoms with van der Waals surface area (Å²) >= 11 is 0. The molecule has 0 saturated carbocycles. The summed E-state index contributed by atoms with van der Waals surface area (Å²) in [6.07, 6.45) is 2.99. The fraction of sp³-hybridized carbons (Fsp3) is 0.421. The van der Waals surface area contributed by atoms with Crippen molar-refractivity contribution in [2.75, 3.05) is 0 Å². The van der Waals surface area contributed by atoms with E-state index < -0.39 is 0 Å². The molecule has 0 spiro atoms. The van der Waals surface area contributed by atoms with Gasteiger partial charge in [0.05, 0.1) is 0 Å². The number of aromatic amines is 1. The van der Waals surface area contributed by atoms with Crippen molar-refractivity contribution >= 4 is 16.8 Å². The Morgan fingerprint density at radius 2 is 2.15 bits per heavy atom. The second-order valence-electron chi connectivity index (χ2n) is 6.85. The molecule has 1 amide bonds. The molecule has 26 heavy (non-hydrogen) atoms. The Hall–Kier alpha value is -2.83. The van der Waals surface area contributed by atoms with Crippen LogP contribution in [0.3, 0.4) is 0 Å². The summed E-state index contributed by atoms with van der Waals surface area (Å²) in [7, 11) is 1.67. The zero-order chi connectivity index (χ0) is 18.3. The van der Waals surface area contributed by atoms with Crippen LogP contribution in [0, 0.1) is 0 Å². The zero-order valence-electron chi connectivity index (χ0n) is 15.1. The van der Waals surface area contributed by atoms with Crippen molar-refractivity contribution < 1.29 is 4.79 Å². The highest BCUT2D eigenvalue weighted by Gasteiger charge is 2.23. The lowest BCUT2D eigenvalue weighted by Gasteiger charge is -2.16. The first kappa shape index (κ1) is 16.6. The average Bonchev–Trinajstić information content (AvgIpc) is 3.07. The van der Waals surface area contributed by atoms with Crippen LogP contribution in [-0.4, -0.2) is 31.3 Å². The molecule has 3 heterocycles. The van der Waals surface area contributed by atoms with Crippen molar-refractivity contribution in [3.05, 3.63) is 51.8 Å². The first-order valence-corrected chi connectivity index (χ1v) is 9.11. The normalized spacial score (nSPS) is 17.1. The lowest BCUT2D eigenvalue weighted by atomic mass is 10.1. The van der Waals surface area contributed by atoms with E-state index >= 15 is 0 Å². The first-order chi connectivity index (χ1) is 12.6. The molecular formula is C19H23N5O2. The van der Waals surface area contributed by atoms with Crippen molar-refractivity contribution in [3.63, 3.8) is 0 Å². The number of carbonyl (C=O) groups is 1. The fourth-order valence-electron chi connectivity index (χ4n) is 3.86. The number of nitrogens with one attached hydrogen (secondary N) is 2. The summed E-state index contributed by atoms with van der Waals surface area (Å²) in [6, 6.07) is 8.02. The summed E-state index contributed by atoms with van der Waals surface area (Å²) in [5, 5.41) is 8.54. The fourth-order valence-corrected chi connectivity index (χ4v) is 3.86. The van der Waals surface area contributed by atoms with Gasteiger partial charge in [-0.2, -0.15) is 5.10 Å². The number of amides is 1. The third-order valence-corrected chi connectivity index (χ3v) is 5.23. The van der Waals surface area contributed by atoms with E-state index in [2.05, 4.69) is 22.3 Å². The molecule has 3 aromatic rings. The largest absolute Gasteiger partial charge is 0.350 e. The summed E-state index contributed by atoms with van der Waals surface area (Å²) in [4.78, 5) is 28.2. The number of fused-ring (bicyclic) bond motifs is 2. The van der Waals surface area contributed by atoms with Gasteiger partial charge in [0.1, 0.15) is 11.5 Å². The van der Waals surface area contributed by atoms with Gasteiger partial charge in [-0.15, -0.1) is 0 Å². The number of benzene rings is 1. The Labute approximate surface area is 151 Å². The molecule has 0 radical (unpaired) electrons. The summed E-state index contributed by atoms with van der Waals surface area (Å²) in [6.45, 7) is 2.65. The molecule has 7 heteroatoms. The van der Waals surface area contributed by atoms with Crippen molar-refractivity contribution in [2.45, 2.75) is 45.2 Å². The van der Waals surface area contributed by atoms with Gasteiger partial charge in [0.2, 0.25) is 0 Å². The second-order valence-corrected chi connectivity index (χ2v) is 6.85. The van der Waals surface area contributed by atoms with Gasteiger partial charge in [0.25, 0.3) is 5.91 Å². The Kier molecular flexibility index (Phi) is 4.14. The number of hydrogen-bond acceptors (Lipinski definition) is 3. The maximum absolute atomic E-state index is 12.9. The number of hydrogen-bond donors (Lipinski definition) is 2. The molecule has 0 fully saturated rings. The predicted molar refractivity (Wildman–Crippen MR) is 99.3 cm³/mol. The standard InChI is InChI=1S/C19H23N5O2/c1-3-13-14-6-4-5-7-15(14)21-17(13)18(25)20-12-8-9-16-22-23(2)19(26)24(16)11-10-12/h4-7,12,21H,3,8-11H2,1-2H3,(H,20,25). The number of rotatable bonds is 3. The number of aromatic nitrogens is 4.